The van der Waals surface area contributed by atoms with Gasteiger partial charge in [-0.1, -0.05) is 55.1 Å². The summed E-state index contributed by atoms with van der Waals surface area (Å²) in [6, 6.07) is 21.8. The van der Waals surface area contributed by atoms with Crippen LogP contribution >= 0.6 is 11.6 Å². The van der Waals surface area contributed by atoms with Crippen LogP contribution in [0.25, 0.3) is 33.5 Å². The molecule has 0 spiro atoms. The number of aromatic carboxylic acids is 1. The van der Waals surface area contributed by atoms with Gasteiger partial charge < -0.3 is 14.6 Å². The van der Waals surface area contributed by atoms with Gasteiger partial charge >= 0.3 is 5.97 Å². The minimum Gasteiger partial charge on any atom is -0.478 e. The first-order valence-electron chi connectivity index (χ1n) is 15.6. The largest absolute Gasteiger partial charge is 0.478 e. The van der Waals surface area contributed by atoms with Crippen molar-refractivity contribution in [1.29, 1.82) is 0 Å². The number of anilines is 1. The van der Waals surface area contributed by atoms with Gasteiger partial charge in [0.15, 0.2) is 5.78 Å². The fourth-order valence-corrected chi connectivity index (χ4v) is 6.94. The molecular formula is C37H31ClFN3O4. The zero-order valence-electron chi connectivity index (χ0n) is 25.0. The zero-order valence-corrected chi connectivity index (χ0v) is 25.8. The van der Waals surface area contributed by atoms with E-state index < -0.39 is 11.8 Å². The van der Waals surface area contributed by atoms with E-state index in [-0.39, 0.29) is 34.4 Å². The Labute approximate surface area is 270 Å². The molecule has 1 aromatic heterocycles. The van der Waals surface area contributed by atoms with Crippen LogP contribution in [-0.4, -0.2) is 38.9 Å². The summed E-state index contributed by atoms with van der Waals surface area (Å²) in [7, 11) is 0. The number of carboxylic acid groups (broad SMARTS) is 1. The van der Waals surface area contributed by atoms with Crippen molar-refractivity contribution in [2.45, 2.75) is 51.0 Å². The van der Waals surface area contributed by atoms with Crippen LogP contribution in [0.3, 0.4) is 0 Å². The summed E-state index contributed by atoms with van der Waals surface area (Å²) in [6.45, 7) is 0.575. The molecule has 9 heteroatoms. The second-order valence-corrected chi connectivity index (χ2v) is 12.5. The average Bonchev–Trinajstić information content (AvgIpc) is 3.68. The van der Waals surface area contributed by atoms with E-state index in [4.69, 9.17) is 16.6 Å². The monoisotopic (exact) mass is 635 g/mol. The van der Waals surface area contributed by atoms with Crippen LogP contribution in [0.2, 0.25) is 5.02 Å². The number of imidazole rings is 1. The predicted molar refractivity (Wildman–Crippen MR) is 176 cm³/mol. The third-order valence-electron chi connectivity index (χ3n) is 9.14. The van der Waals surface area contributed by atoms with Crippen molar-refractivity contribution in [2.75, 3.05) is 11.4 Å². The topological polar surface area (TPSA) is 92.5 Å². The lowest BCUT2D eigenvalue weighted by Gasteiger charge is -2.25. The number of carbonyl (C=O) groups excluding carboxylic acids is 2. The third-order valence-corrected chi connectivity index (χ3v) is 9.39. The Bertz CT molecular complexity index is 2010. The second-order valence-electron chi connectivity index (χ2n) is 12.0. The number of benzene rings is 4. The molecule has 232 valence electrons. The molecule has 2 aliphatic rings. The highest BCUT2D eigenvalue weighted by Crippen LogP contribution is 2.38. The highest BCUT2D eigenvalue weighted by molar-refractivity contribution is 6.30. The van der Waals surface area contributed by atoms with E-state index in [2.05, 4.69) is 0 Å². The van der Waals surface area contributed by atoms with Crippen LogP contribution in [0.15, 0.2) is 78.9 Å². The molecule has 0 unspecified atom stereocenters. The predicted octanol–water partition coefficient (Wildman–Crippen LogP) is 8.72. The molecule has 1 aliphatic carbocycles. The van der Waals surface area contributed by atoms with E-state index in [1.807, 2.05) is 28.8 Å². The Morgan fingerprint density at radius 3 is 2.28 bits per heavy atom. The first kappa shape index (κ1) is 29.9. The maximum atomic E-state index is 16.2. The fraction of sp³-hybridized carbons (Fsp3) is 0.243. The van der Waals surface area contributed by atoms with Gasteiger partial charge in [-0.15, -0.1) is 0 Å². The van der Waals surface area contributed by atoms with E-state index in [9.17, 15) is 19.5 Å². The minimum atomic E-state index is -1.05. The van der Waals surface area contributed by atoms with Gasteiger partial charge in [0.05, 0.1) is 22.2 Å². The molecule has 1 saturated heterocycles. The Balaban J connectivity index is 1.31. The lowest BCUT2D eigenvalue weighted by atomic mass is 9.92. The van der Waals surface area contributed by atoms with Gasteiger partial charge in [-0.3, -0.25) is 9.59 Å². The number of carbonyl (C=O) groups is 3. The normalized spacial score (nSPS) is 15.5. The van der Waals surface area contributed by atoms with Crippen LogP contribution < -0.4 is 4.90 Å². The molecule has 2 heterocycles. The van der Waals surface area contributed by atoms with Crippen molar-refractivity contribution in [3.05, 3.63) is 106 Å². The average molecular weight is 636 g/mol. The van der Waals surface area contributed by atoms with Crippen molar-refractivity contribution in [1.82, 2.24) is 9.55 Å². The van der Waals surface area contributed by atoms with Crippen LogP contribution in [0.1, 0.15) is 77.3 Å². The van der Waals surface area contributed by atoms with Crippen molar-refractivity contribution in [2.24, 2.45) is 0 Å². The van der Waals surface area contributed by atoms with Gasteiger partial charge in [-0.05, 0) is 85.0 Å². The Morgan fingerprint density at radius 1 is 0.848 bits per heavy atom. The number of fused-ring (bicyclic) bond motifs is 1. The summed E-state index contributed by atoms with van der Waals surface area (Å²) in [5, 5.41) is 10.1. The van der Waals surface area contributed by atoms with Gasteiger partial charge in [0.25, 0.3) is 0 Å². The number of ketones is 1. The number of amides is 1. The second kappa shape index (κ2) is 12.2. The summed E-state index contributed by atoms with van der Waals surface area (Å²) in [4.78, 5) is 44.8. The SMILES string of the molecule is O=C(O)c1ccc2c(c1)nc(-c1ccc(C(=O)c3cc(N4CCCC4=O)ccc3-c3ccc(Cl)cc3)cc1F)n2C1CCCCC1. The van der Waals surface area contributed by atoms with Crippen LogP contribution in [0.5, 0.6) is 0 Å². The smallest absolute Gasteiger partial charge is 0.335 e. The maximum Gasteiger partial charge on any atom is 0.335 e. The molecule has 5 aromatic rings. The molecule has 4 aromatic carbocycles. The summed E-state index contributed by atoms with van der Waals surface area (Å²) in [5.74, 6) is -1.62. The summed E-state index contributed by atoms with van der Waals surface area (Å²) in [5.41, 5.74) is 4.15. The molecular weight excluding hydrogens is 605 g/mol. The summed E-state index contributed by atoms with van der Waals surface area (Å²) >= 11 is 6.13. The number of rotatable bonds is 7. The number of hydrogen-bond acceptors (Lipinski definition) is 4. The lowest BCUT2D eigenvalue weighted by Crippen LogP contribution is -2.24. The Morgan fingerprint density at radius 2 is 1.59 bits per heavy atom. The lowest BCUT2D eigenvalue weighted by molar-refractivity contribution is -0.117. The van der Waals surface area contributed by atoms with Gasteiger partial charge in [0, 0.05) is 40.8 Å². The van der Waals surface area contributed by atoms with E-state index in [1.165, 1.54) is 12.1 Å². The van der Waals surface area contributed by atoms with Crippen LogP contribution in [-0.2, 0) is 4.79 Å². The van der Waals surface area contributed by atoms with E-state index in [1.54, 1.807) is 47.4 Å². The number of carboxylic acids is 1. The number of aromatic nitrogens is 2. The van der Waals surface area contributed by atoms with E-state index in [0.717, 1.165) is 49.6 Å². The number of halogens is 2. The van der Waals surface area contributed by atoms with E-state index >= 15 is 4.39 Å². The molecule has 0 bridgehead atoms. The Hall–Kier alpha value is -4.82. The van der Waals surface area contributed by atoms with Gasteiger partial charge in [-0.25, -0.2) is 14.2 Å². The van der Waals surface area contributed by atoms with Crippen molar-refractivity contribution in [3.63, 3.8) is 0 Å². The quantitative estimate of drug-likeness (QED) is 0.181. The maximum absolute atomic E-state index is 16.2. The molecule has 0 radical (unpaired) electrons. The number of hydrogen-bond donors (Lipinski definition) is 1. The third kappa shape index (κ3) is 5.47. The van der Waals surface area contributed by atoms with Crippen LogP contribution in [0, 0.1) is 5.82 Å². The first-order chi connectivity index (χ1) is 22.3. The molecule has 46 heavy (non-hydrogen) atoms. The highest BCUT2D eigenvalue weighted by atomic mass is 35.5. The van der Waals surface area contributed by atoms with E-state index in [0.29, 0.717) is 46.1 Å². The fourth-order valence-electron chi connectivity index (χ4n) is 6.81. The number of nitrogens with zero attached hydrogens (tertiary/aromatic N) is 3. The van der Waals surface area contributed by atoms with Crippen molar-refractivity contribution < 1.29 is 23.9 Å². The molecule has 7 rings (SSSR count). The molecule has 1 N–H and O–H groups in total. The van der Waals surface area contributed by atoms with Crippen LogP contribution in [0.4, 0.5) is 10.1 Å². The molecule has 7 nitrogen and oxygen atoms in total. The molecule has 0 atom stereocenters. The van der Waals surface area contributed by atoms with Gasteiger partial charge in [0.2, 0.25) is 5.91 Å². The van der Waals surface area contributed by atoms with Crippen molar-refractivity contribution >= 4 is 46.0 Å². The van der Waals surface area contributed by atoms with Crippen molar-refractivity contribution in [3.8, 4) is 22.5 Å². The summed E-state index contributed by atoms with van der Waals surface area (Å²) < 4.78 is 18.2. The molecule has 2 fully saturated rings. The first-order valence-corrected chi connectivity index (χ1v) is 16.0. The van der Waals surface area contributed by atoms with Gasteiger partial charge in [0.1, 0.15) is 11.6 Å². The minimum absolute atomic E-state index is 0.00405. The Kier molecular flexibility index (Phi) is 7.90. The highest BCUT2D eigenvalue weighted by Gasteiger charge is 2.27. The molecule has 1 amide bonds. The van der Waals surface area contributed by atoms with Gasteiger partial charge in [-0.2, -0.15) is 0 Å². The zero-order chi connectivity index (χ0) is 31.9. The standard InChI is InChI=1S/C37H31ClFN3O4/c38-25-12-8-22(9-13-25)28-16-14-27(41-18-4-7-34(41)43)21-30(28)35(44)23-10-15-29(31(39)19-23)36-40-32-20-24(37(45)46)11-17-33(32)42(36)26-5-2-1-3-6-26/h8-17,19-21,26H,1-7,18H2,(H,45,46). The summed E-state index contributed by atoms with van der Waals surface area (Å²) in [6.07, 6.45) is 6.27. The molecule has 1 aliphatic heterocycles. The molecule has 1 saturated carbocycles.